The first-order valence-electron chi connectivity index (χ1n) is 4.76. The Balaban J connectivity index is 2.86. The Morgan fingerprint density at radius 2 is 2.12 bits per heavy atom. The van der Waals surface area contributed by atoms with E-state index in [1.807, 2.05) is 0 Å². The van der Waals surface area contributed by atoms with Crippen LogP contribution in [0.2, 0.25) is 0 Å². The van der Waals surface area contributed by atoms with Gasteiger partial charge in [-0.15, -0.1) is 0 Å². The first-order chi connectivity index (χ1) is 7.41. The Morgan fingerprint density at radius 3 is 2.56 bits per heavy atom. The normalized spacial score (nSPS) is 12.6. The third kappa shape index (κ3) is 3.20. The van der Waals surface area contributed by atoms with Crippen molar-refractivity contribution in [3.05, 3.63) is 28.5 Å². The van der Waals surface area contributed by atoms with Crippen LogP contribution in [0.4, 0.5) is 4.39 Å². The Morgan fingerprint density at radius 1 is 1.50 bits per heavy atom. The highest BCUT2D eigenvalue weighted by atomic mass is 79.9. The highest BCUT2D eigenvalue weighted by Crippen LogP contribution is 2.23. The number of ether oxygens (including phenoxy) is 1. The molecule has 0 fully saturated rings. The molecule has 0 bridgehead atoms. The molecule has 88 valence electrons. The van der Waals surface area contributed by atoms with Crippen molar-refractivity contribution >= 4 is 21.9 Å². The van der Waals surface area contributed by atoms with Gasteiger partial charge in [0.05, 0.1) is 4.47 Å². The van der Waals surface area contributed by atoms with Gasteiger partial charge < -0.3 is 9.84 Å². The minimum absolute atomic E-state index is 0.165. The van der Waals surface area contributed by atoms with E-state index in [9.17, 15) is 9.18 Å². The molecule has 0 spiro atoms. The van der Waals surface area contributed by atoms with Gasteiger partial charge in [0, 0.05) is 5.92 Å². The van der Waals surface area contributed by atoms with E-state index >= 15 is 0 Å². The predicted octanol–water partition coefficient (Wildman–Crippen LogP) is 3.08. The van der Waals surface area contributed by atoms with Gasteiger partial charge in [-0.3, -0.25) is 0 Å². The summed E-state index contributed by atoms with van der Waals surface area (Å²) in [6, 6.07) is 4.03. The minimum Gasteiger partial charge on any atom is -0.478 e. The first-order valence-corrected chi connectivity index (χ1v) is 5.55. The molecular formula is C11H12BrFO3. The van der Waals surface area contributed by atoms with E-state index in [1.54, 1.807) is 13.8 Å². The number of hydrogen-bond acceptors (Lipinski definition) is 2. The van der Waals surface area contributed by atoms with E-state index in [2.05, 4.69) is 15.9 Å². The molecule has 3 nitrogen and oxygen atoms in total. The predicted molar refractivity (Wildman–Crippen MR) is 61.0 cm³/mol. The van der Waals surface area contributed by atoms with Crippen LogP contribution in [0, 0.1) is 11.7 Å². The molecule has 1 aromatic carbocycles. The smallest absolute Gasteiger partial charge is 0.345 e. The van der Waals surface area contributed by atoms with Gasteiger partial charge in [0.25, 0.3) is 0 Å². The molecule has 16 heavy (non-hydrogen) atoms. The fourth-order valence-electron chi connectivity index (χ4n) is 1.17. The van der Waals surface area contributed by atoms with Gasteiger partial charge >= 0.3 is 5.97 Å². The Hall–Kier alpha value is -1.10. The highest BCUT2D eigenvalue weighted by molar-refractivity contribution is 9.10. The number of carboxylic acids is 1. The van der Waals surface area contributed by atoms with Gasteiger partial charge in [-0.1, -0.05) is 13.8 Å². The molecule has 0 saturated carbocycles. The summed E-state index contributed by atoms with van der Waals surface area (Å²) in [7, 11) is 0. The molecule has 0 aliphatic heterocycles. The molecule has 0 amide bonds. The van der Waals surface area contributed by atoms with Crippen LogP contribution in [0.3, 0.4) is 0 Å². The lowest BCUT2D eigenvalue weighted by Gasteiger charge is -2.18. The maximum absolute atomic E-state index is 12.9. The summed E-state index contributed by atoms with van der Waals surface area (Å²) in [6.07, 6.45) is -0.933. The van der Waals surface area contributed by atoms with Crippen molar-refractivity contribution < 1.29 is 19.0 Å². The average Bonchev–Trinajstić information content (AvgIpc) is 2.18. The van der Waals surface area contributed by atoms with Crippen molar-refractivity contribution in [2.75, 3.05) is 0 Å². The summed E-state index contributed by atoms with van der Waals surface area (Å²) in [5.41, 5.74) is 0. The van der Waals surface area contributed by atoms with Gasteiger partial charge in [-0.05, 0) is 34.1 Å². The van der Waals surface area contributed by atoms with Crippen LogP contribution in [0.5, 0.6) is 5.75 Å². The fraction of sp³-hybridized carbons (Fsp3) is 0.364. The fourth-order valence-corrected chi connectivity index (χ4v) is 1.53. The summed E-state index contributed by atoms with van der Waals surface area (Å²) in [5.74, 6) is -1.28. The van der Waals surface area contributed by atoms with E-state index in [0.29, 0.717) is 5.75 Å². The molecule has 1 rings (SSSR count). The molecule has 1 atom stereocenters. The maximum atomic E-state index is 12.9. The maximum Gasteiger partial charge on any atom is 0.345 e. The quantitative estimate of drug-likeness (QED) is 0.927. The van der Waals surface area contributed by atoms with E-state index in [4.69, 9.17) is 9.84 Å². The summed E-state index contributed by atoms with van der Waals surface area (Å²) in [4.78, 5) is 10.9. The number of halogens is 2. The van der Waals surface area contributed by atoms with Gasteiger partial charge in [-0.25, -0.2) is 9.18 Å². The zero-order valence-corrected chi connectivity index (χ0v) is 10.5. The molecule has 0 saturated heterocycles. The van der Waals surface area contributed by atoms with Crippen LogP contribution in [0.25, 0.3) is 0 Å². The van der Waals surface area contributed by atoms with E-state index in [-0.39, 0.29) is 10.4 Å². The zero-order chi connectivity index (χ0) is 12.3. The summed E-state index contributed by atoms with van der Waals surface area (Å²) in [5, 5.41) is 8.92. The lowest BCUT2D eigenvalue weighted by atomic mass is 10.1. The monoisotopic (exact) mass is 290 g/mol. The van der Waals surface area contributed by atoms with Crippen molar-refractivity contribution in [2.45, 2.75) is 20.0 Å². The Kier molecular flexibility index (Phi) is 4.29. The largest absolute Gasteiger partial charge is 0.478 e. The van der Waals surface area contributed by atoms with Crippen molar-refractivity contribution in [3.8, 4) is 5.75 Å². The lowest BCUT2D eigenvalue weighted by Crippen LogP contribution is -2.32. The van der Waals surface area contributed by atoms with Crippen molar-refractivity contribution in [2.24, 2.45) is 5.92 Å². The molecule has 0 aromatic heterocycles. The standard InChI is InChI=1S/C11H12BrFO3/c1-6(2)10(11(14)15)16-7-3-4-9(13)8(12)5-7/h3-6,10H,1-2H3,(H,14,15). The number of carbonyl (C=O) groups is 1. The molecular weight excluding hydrogens is 279 g/mol. The second kappa shape index (κ2) is 5.30. The average molecular weight is 291 g/mol. The van der Waals surface area contributed by atoms with E-state index in [1.165, 1.54) is 18.2 Å². The number of benzene rings is 1. The highest BCUT2D eigenvalue weighted by Gasteiger charge is 2.23. The van der Waals surface area contributed by atoms with Crippen LogP contribution in [-0.2, 0) is 4.79 Å². The summed E-state index contributed by atoms with van der Waals surface area (Å²) in [6.45, 7) is 3.49. The second-order valence-electron chi connectivity index (χ2n) is 3.70. The van der Waals surface area contributed by atoms with E-state index in [0.717, 1.165) is 0 Å². The van der Waals surface area contributed by atoms with Crippen molar-refractivity contribution in [1.82, 2.24) is 0 Å². The zero-order valence-electron chi connectivity index (χ0n) is 8.91. The van der Waals surface area contributed by atoms with E-state index < -0.39 is 17.9 Å². The van der Waals surface area contributed by atoms with Crippen LogP contribution < -0.4 is 4.74 Å². The van der Waals surface area contributed by atoms with Gasteiger partial charge in [0.2, 0.25) is 0 Å². The van der Waals surface area contributed by atoms with Crippen molar-refractivity contribution in [3.63, 3.8) is 0 Å². The van der Waals surface area contributed by atoms with Crippen molar-refractivity contribution in [1.29, 1.82) is 0 Å². The first kappa shape index (κ1) is 13.0. The molecule has 1 unspecified atom stereocenters. The van der Waals surface area contributed by atoms with Crippen LogP contribution in [0.15, 0.2) is 22.7 Å². The molecule has 0 radical (unpaired) electrons. The van der Waals surface area contributed by atoms with Gasteiger partial charge in [0.1, 0.15) is 11.6 Å². The van der Waals surface area contributed by atoms with Gasteiger partial charge in [0.15, 0.2) is 6.10 Å². The SMILES string of the molecule is CC(C)C(Oc1ccc(F)c(Br)c1)C(=O)O. The van der Waals surface area contributed by atoms with Crippen LogP contribution in [0.1, 0.15) is 13.8 Å². The summed E-state index contributed by atoms with van der Waals surface area (Å²) < 4.78 is 18.5. The third-order valence-corrected chi connectivity index (χ3v) is 2.61. The third-order valence-electron chi connectivity index (χ3n) is 2.00. The lowest BCUT2D eigenvalue weighted by molar-refractivity contribution is -0.147. The Labute approximate surface area is 101 Å². The molecule has 1 N–H and O–H groups in total. The Bertz CT molecular complexity index is 393. The second-order valence-corrected chi connectivity index (χ2v) is 4.55. The molecule has 0 aliphatic carbocycles. The van der Waals surface area contributed by atoms with Gasteiger partial charge in [-0.2, -0.15) is 0 Å². The number of carboxylic acid groups (broad SMARTS) is 1. The summed E-state index contributed by atoms with van der Waals surface area (Å²) >= 11 is 3.01. The topological polar surface area (TPSA) is 46.5 Å². The number of aliphatic carboxylic acids is 1. The van der Waals surface area contributed by atoms with Crippen LogP contribution >= 0.6 is 15.9 Å². The number of rotatable bonds is 4. The molecule has 0 aliphatic rings. The molecule has 0 heterocycles. The molecule has 1 aromatic rings. The van der Waals surface area contributed by atoms with Crippen LogP contribution in [-0.4, -0.2) is 17.2 Å². The minimum atomic E-state index is -1.03. The number of hydrogen-bond donors (Lipinski definition) is 1. The molecule has 5 heteroatoms.